The number of hydrogen-bond donors (Lipinski definition) is 1. The Bertz CT molecular complexity index is 557. The molecule has 0 radical (unpaired) electrons. The van der Waals surface area contributed by atoms with Crippen molar-refractivity contribution in [1.82, 2.24) is 9.88 Å². The Labute approximate surface area is 129 Å². The molecule has 2 rings (SSSR count). The minimum atomic E-state index is 0.834. The smallest absolute Gasteiger partial charge is 0.126 e. The van der Waals surface area contributed by atoms with Gasteiger partial charge in [-0.1, -0.05) is 40.2 Å². The lowest BCUT2D eigenvalue weighted by atomic mass is 10.2. The first-order valence-electron chi connectivity index (χ1n) is 6.80. The lowest BCUT2D eigenvalue weighted by molar-refractivity contribution is 0.314. The fraction of sp³-hybridized carbons (Fsp3) is 0.312. The van der Waals surface area contributed by atoms with Gasteiger partial charge in [-0.15, -0.1) is 0 Å². The van der Waals surface area contributed by atoms with E-state index in [1.54, 1.807) is 0 Å². The molecule has 0 spiro atoms. The largest absolute Gasteiger partial charge is 0.370 e. The van der Waals surface area contributed by atoms with Crippen LogP contribution in [0.1, 0.15) is 18.2 Å². The van der Waals surface area contributed by atoms with Gasteiger partial charge in [-0.3, -0.25) is 4.90 Å². The molecule has 106 valence electrons. The van der Waals surface area contributed by atoms with E-state index in [0.29, 0.717) is 0 Å². The Morgan fingerprint density at radius 1 is 1.10 bits per heavy atom. The minimum Gasteiger partial charge on any atom is -0.370 e. The van der Waals surface area contributed by atoms with Crippen molar-refractivity contribution < 1.29 is 0 Å². The number of aromatic nitrogens is 1. The second-order valence-electron chi connectivity index (χ2n) is 4.81. The summed E-state index contributed by atoms with van der Waals surface area (Å²) < 4.78 is 1.15. The van der Waals surface area contributed by atoms with Gasteiger partial charge in [0.15, 0.2) is 0 Å². The summed E-state index contributed by atoms with van der Waals surface area (Å²) in [5, 5.41) is 3.24. The molecule has 2 aromatic rings. The van der Waals surface area contributed by atoms with Crippen LogP contribution < -0.4 is 5.32 Å². The van der Waals surface area contributed by atoms with Crippen LogP contribution in [0.25, 0.3) is 0 Å². The van der Waals surface area contributed by atoms with Crippen LogP contribution in [0, 0.1) is 0 Å². The number of halogens is 1. The van der Waals surface area contributed by atoms with Gasteiger partial charge in [0.1, 0.15) is 5.82 Å². The van der Waals surface area contributed by atoms with Crippen LogP contribution in [0.4, 0.5) is 5.82 Å². The maximum Gasteiger partial charge on any atom is 0.126 e. The molecular formula is C16H20BrN3. The standard InChI is InChI=1S/C16H20BrN3/c1-3-18-16-10-6-8-14(19-16)12-20(2)11-13-7-4-5-9-15(13)17/h4-10H,3,11-12H2,1-2H3,(H,18,19). The predicted molar refractivity (Wildman–Crippen MR) is 87.7 cm³/mol. The number of anilines is 1. The first-order valence-corrected chi connectivity index (χ1v) is 7.60. The third-order valence-corrected chi connectivity index (χ3v) is 3.77. The number of nitrogens with zero attached hydrogens (tertiary/aromatic N) is 2. The maximum atomic E-state index is 4.60. The van der Waals surface area contributed by atoms with Crippen LogP contribution in [0.5, 0.6) is 0 Å². The first kappa shape index (κ1) is 15.0. The van der Waals surface area contributed by atoms with Crippen LogP contribution in [0.15, 0.2) is 46.9 Å². The van der Waals surface area contributed by atoms with E-state index >= 15 is 0 Å². The SMILES string of the molecule is CCNc1cccc(CN(C)Cc2ccccc2Br)n1. The third kappa shape index (κ3) is 4.32. The van der Waals surface area contributed by atoms with Crippen LogP contribution in [-0.4, -0.2) is 23.5 Å². The summed E-state index contributed by atoms with van der Waals surface area (Å²) in [6.45, 7) is 4.70. The van der Waals surface area contributed by atoms with Gasteiger partial charge in [-0.25, -0.2) is 4.98 Å². The van der Waals surface area contributed by atoms with Crippen LogP contribution in [0.3, 0.4) is 0 Å². The zero-order chi connectivity index (χ0) is 14.4. The number of pyridine rings is 1. The lowest BCUT2D eigenvalue weighted by Gasteiger charge is -2.17. The molecule has 0 saturated heterocycles. The average molecular weight is 334 g/mol. The fourth-order valence-electron chi connectivity index (χ4n) is 2.10. The molecule has 0 aliphatic carbocycles. The zero-order valence-electron chi connectivity index (χ0n) is 11.9. The Hall–Kier alpha value is -1.39. The highest BCUT2D eigenvalue weighted by Crippen LogP contribution is 2.18. The number of benzene rings is 1. The van der Waals surface area contributed by atoms with Crippen molar-refractivity contribution in [3.8, 4) is 0 Å². The molecule has 4 heteroatoms. The normalized spacial score (nSPS) is 10.8. The summed E-state index contributed by atoms with van der Waals surface area (Å²) in [5.74, 6) is 0.944. The van der Waals surface area contributed by atoms with Crippen molar-refractivity contribution in [2.24, 2.45) is 0 Å². The van der Waals surface area contributed by atoms with Crippen LogP contribution in [0.2, 0.25) is 0 Å². The summed E-state index contributed by atoms with van der Waals surface area (Å²) in [5.41, 5.74) is 2.37. The summed E-state index contributed by atoms with van der Waals surface area (Å²) in [7, 11) is 2.11. The minimum absolute atomic E-state index is 0.834. The molecule has 1 N–H and O–H groups in total. The molecule has 0 aliphatic rings. The molecular weight excluding hydrogens is 314 g/mol. The Kier molecular flexibility index (Phi) is 5.56. The molecule has 3 nitrogen and oxygen atoms in total. The Morgan fingerprint density at radius 3 is 2.65 bits per heavy atom. The van der Waals surface area contributed by atoms with Gasteiger partial charge < -0.3 is 5.32 Å². The highest BCUT2D eigenvalue weighted by atomic mass is 79.9. The van der Waals surface area contributed by atoms with Crippen molar-refractivity contribution in [1.29, 1.82) is 0 Å². The fourth-order valence-corrected chi connectivity index (χ4v) is 2.51. The van der Waals surface area contributed by atoms with E-state index in [-0.39, 0.29) is 0 Å². The van der Waals surface area contributed by atoms with E-state index in [9.17, 15) is 0 Å². The highest BCUT2D eigenvalue weighted by molar-refractivity contribution is 9.10. The maximum absolute atomic E-state index is 4.60. The topological polar surface area (TPSA) is 28.2 Å². The van der Waals surface area contributed by atoms with Crippen LogP contribution in [-0.2, 0) is 13.1 Å². The van der Waals surface area contributed by atoms with Gasteiger partial charge in [0.05, 0.1) is 5.69 Å². The van der Waals surface area contributed by atoms with E-state index in [1.807, 2.05) is 18.2 Å². The monoisotopic (exact) mass is 333 g/mol. The third-order valence-electron chi connectivity index (χ3n) is 2.99. The number of nitrogens with one attached hydrogen (secondary N) is 1. The Morgan fingerprint density at radius 2 is 1.90 bits per heavy atom. The van der Waals surface area contributed by atoms with Crippen molar-refractivity contribution >= 4 is 21.7 Å². The van der Waals surface area contributed by atoms with E-state index in [1.165, 1.54) is 5.56 Å². The molecule has 20 heavy (non-hydrogen) atoms. The van der Waals surface area contributed by atoms with E-state index in [0.717, 1.165) is 35.6 Å². The number of hydrogen-bond acceptors (Lipinski definition) is 3. The van der Waals surface area contributed by atoms with Crippen molar-refractivity contribution in [3.05, 3.63) is 58.2 Å². The molecule has 1 heterocycles. The molecule has 0 atom stereocenters. The number of rotatable bonds is 6. The van der Waals surface area contributed by atoms with Gasteiger partial charge in [-0.2, -0.15) is 0 Å². The lowest BCUT2D eigenvalue weighted by Crippen LogP contribution is -2.18. The van der Waals surface area contributed by atoms with Crippen LogP contribution >= 0.6 is 15.9 Å². The summed E-state index contributed by atoms with van der Waals surface area (Å²) in [6.07, 6.45) is 0. The molecule has 0 bridgehead atoms. The highest BCUT2D eigenvalue weighted by Gasteiger charge is 2.05. The predicted octanol–water partition coefficient (Wildman–Crippen LogP) is 3.91. The average Bonchev–Trinajstić information content (AvgIpc) is 2.42. The molecule has 1 aromatic carbocycles. The zero-order valence-corrected chi connectivity index (χ0v) is 13.5. The van der Waals surface area contributed by atoms with E-state index in [4.69, 9.17) is 0 Å². The molecule has 0 aliphatic heterocycles. The first-order chi connectivity index (χ1) is 9.69. The van der Waals surface area contributed by atoms with Gasteiger partial charge in [0.25, 0.3) is 0 Å². The molecule has 1 aromatic heterocycles. The molecule has 0 amide bonds. The van der Waals surface area contributed by atoms with Crippen molar-refractivity contribution in [2.75, 3.05) is 18.9 Å². The molecule has 0 unspecified atom stereocenters. The molecule has 0 saturated carbocycles. The van der Waals surface area contributed by atoms with Gasteiger partial charge >= 0.3 is 0 Å². The Balaban J connectivity index is 1.99. The summed E-state index contributed by atoms with van der Waals surface area (Å²) >= 11 is 3.59. The van der Waals surface area contributed by atoms with Gasteiger partial charge in [0.2, 0.25) is 0 Å². The van der Waals surface area contributed by atoms with Crippen molar-refractivity contribution in [2.45, 2.75) is 20.0 Å². The second-order valence-corrected chi connectivity index (χ2v) is 5.66. The van der Waals surface area contributed by atoms with E-state index in [2.05, 4.69) is 69.4 Å². The summed E-state index contributed by atoms with van der Waals surface area (Å²) in [4.78, 5) is 6.86. The summed E-state index contributed by atoms with van der Waals surface area (Å²) in [6, 6.07) is 14.4. The van der Waals surface area contributed by atoms with E-state index < -0.39 is 0 Å². The molecule has 0 fully saturated rings. The second kappa shape index (κ2) is 7.41. The van der Waals surface area contributed by atoms with Gasteiger partial charge in [0, 0.05) is 24.1 Å². The van der Waals surface area contributed by atoms with Crippen molar-refractivity contribution in [3.63, 3.8) is 0 Å². The quantitative estimate of drug-likeness (QED) is 0.868. The van der Waals surface area contributed by atoms with Gasteiger partial charge in [-0.05, 0) is 37.7 Å².